The van der Waals surface area contributed by atoms with Crippen LogP contribution in [0.3, 0.4) is 0 Å². The summed E-state index contributed by atoms with van der Waals surface area (Å²) < 4.78 is 0. The van der Waals surface area contributed by atoms with Crippen molar-refractivity contribution in [2.45, 2.75) is 51.9 Å². The minimum Gasteiger partial charge on any atom is -0.299 e. The van der Waals surface area contributed by atoms with Crippen molar-refractivity contribution < 1.29 is 4.79 Å². The molecule has 3 unspecified atom stereocenters. The summed E-state index contributed by atoms with van der Waals surface area (Å²) in [5, 5.41) is 2.65. The lowest BCUT2D eigenvalue weighted by Gasteiger charge is -2.39. The Balaban J connectivity index is 1.67. The summed E-state index contributed by atoms with van der Waals surface area (Å²) in [6.07, 6.45) is 8.52. The molecule has 0 aliphatic heterocycles. The Morgan fingerprint density at radius 2 is 1.92 bits per heavy atom. The summed E-state index contributed by atoms with van der Waals surface area (Å²) in [6, 6.07) is 11.3. The zero-order chi connectivity index (χ0) is 17.4. The minimum atomic E-state index is -0.100. The molecule has 5 rings (SSSR count). The highest BCUT2D eigenvalue weighted by molar-refractivity contribution is 5.94. The Labute approximate surface area is 150 Å². The van der Waals surface area contributed by atoms with Gasteiger partial charge in [-0.1, -0.05) is 63.3 Å². The predicted octanol–water partition coefficient (Wildman–Crippen LogP) is 5.39. The van der Waals surface area contributed by atoms with Crippen molar-refractivity contribution in [2.75, 3.05) is 0 Å². The Hall–Kier alpha value is -1.89. The molecule has 2 bridgehead atoms. The number of hydrogen-bond acceptors (Lipinski definition) is 1. The van der Waals surface area contributed by atoms with Crippen molar-refractivity contribution in [3.8, 4) is 0 Å². The van der Waals surface area contributed by atoms with Crippen LogP contribution in [0.1, 0.15) is 50.3 Å². The highest BCUT2D eigenvalue weighted by Crippen LogP contribution is 2.56. The summed E-state index contributed by atoms with van der Waals surface area (Å²) in [7, 11) is 0. The van der Waals surface area contributed by atoms with E-state index in [2.05, 4.69) is 63.3 Å². The first-order valence-corrected chi connectivity index (χ1v) is 9.63. The SMILES string of the molecule is CC(C)(C)c1cccc2cc3c(cc12)CC1(CC2C=CC1C2)C(=O)C3. The lowest BCUT2D eigenvalue weighted by molar-refractivity contribution is -0.130. The van der Waals surface area contributed by atoms with Crippen molar-refractivity contribution in [3.63, 3.8) is 0 Å². The molecule has 128 valence electrons. The van der Waals surface area contributed by atoms with Crippen molar-refractivity contribution in [3.05, 3.63) is 59.2 Å². The monoisotopic (exact) mass is 330 g/mol. The number of benzene rings is 2. The fourth-order valence-corrected chi connectivity index (χ4v) is 5.67. The third-order valence-electron chi connectivity index (χ3n) is 6.93. The fourth-order valence-electron chi connectivity index (χ4n) is 5.67. The molecule has 3 aliphatic rings. The van der Waals surface area contributed by atoms with Crippen molar-refractivity contribution in [1.82, 2.24) is 0 Å². The molecule has 3 atom stereocenters. The van der Waals surface area contributed by atoms with Crippen LogP contribution in [0.25, 0.3) is 10.8 Å². The van der Waals surface area contributed by atoms with Crippen LogP contribution in [0.4, 0.5) is 0 Å². The van der Waals surface area contributed by atoms with Crippen LogP contribution in [0.5, 0.6) is 0 Å². The topological polar surface area (TPSA) is 17.1 Å². The molecule has 1 fully saturated rings. The van der Waals surface area contributed by atoms with E-state index in [1.807, 2.05) is 0 Å². The van der Waals surface area contributed by atoms with Gasteiger partial charge in [0.25, 0.3) is 0 Å². The van der Waals surface area contributed by atoms with E-state index >= 15 is 0 Å². The predicted molar refractivity (Wildman–Crippen MR) is 103 cm³/mol. The van der Waals surface area contributed by atoms with Crippen molar-refractivity contribution in [2.24, 2.45) is 17.3 Å². The van der Waals surface area contributed by atoms with Gasteiger partial charge in [0.1, 0.15) is 5.78 Å². The van der Waals surface area contributed by atoms with Gasteiger partial charge in [0, 0.05) is 11.8 Å². The summed E-state index contributed by atoms with van der Waals surface area (Å²) >= 11 is 0. The molecule has 3 aliphatic carbocycles. The van der Waals surface area contributed by atoms with Gasteiger partial charge >= 0.3 is 0 Å². The van der Waals surface area contributed by atoms with E-state index in [0.29, 0.717) is 24.0 Å². The fraction of sp³-hybridized carbons (Fsp3) is 0.458. The van der Waals surface area contributed by atoms with Gasteiger partial charge in [-0.25, -0.2) is 0 Å². The lowest BCUT2D eigenvalue weighted by atomic mass is 9.63. The van der Waals surface area contributed by atoms with Gasteiger partial charge < -0.3 is 0 Å². The van der Waals surface area contributed by atoms with Crippen LogP contribution in [-0.2, 0) is 23.1 Å². The van der Waals surface area contributed by atoms with Gasteiger partial charge in [0.2, 0.25) is 0 Å². The lowest BCUT2D eigenvalue weighted by Crippen LogP contribution is -2.41. The van der Waals surface area contributed by atoms with E-state index in [1.165, 1.54) is 33.9 Å². The van der Waals surface area contributed by atoms with Gasteiger partial charge in [-0.05, 0) is 64.0 Å². The van der Waals surface area contributed by atoms with Crippen LogP contribution in [0.2, 0.25) is 0 Å². The molecular formula is C24H26O. The zero-order valence-corrected chi connectivity index (χ0v) is 15.4. The highest BCUT2D eigenvalue weighted by atomic mass is 16.1. The number of ketones is 1. The highest BCUT2D eigenvalue weighted by Gasteiger charge is 2.54. The van der Waals surface area contributed by atoms with Gasteiger partial charge in [0.15, 0.2) is 0 Å². The van der Waals surface area contributed by atoms with Crippen LogP contribution < -0.4 is 0 Å². The number of allylic oxidation sites excluding steroid dienone is 2. The smallest absolute Gasteiger partial charge is 0.144 e. The second-order valence-corrected chi connectivity index (χ2v) is 9.52. The van der Waals surface area contributed by atoms with Crippen molar-refractivity contribution in [1.29, 1.82) is 0 Å². The molecule has 1 nitrogen and oxygen atoms in total. The second-order valence-electron chi connectivity index (χ2n) is 9.52. The van der Waals surface area contributed by atoms with Gasteiger partial charge in [-0.3, -0.25) is 4.79 Å². The van der Waals surface area contributed by atoms with Gasteiger partial charge in [-0.15, -0.1) is 0 Å². The molecule has 1 saturated carbocycles. The quantitative estimate of drug-likeness (QED) is 0.592. The molecule has 1 heteroatoms. The van der Waals surface area contributed by atoms with Crippen LogP contribution >= 0.6 is 0 Å². The maximum Gasteiger partial charge on any atom is 0.144 e. The molecule has 0 heterocycles. The Morgan fingerprint density at radius 1 is 1.08 bits per heavy atom. The maximum atomic E-state index is 13.1. The third-order valence-corrected chi connectivity index (χ3v) is 6.93. The molecule has 0 aromatic heterocycles. The molecule has 0 amide bonds. The number of Topliss-reactive ketones (excluding diaryl/α,β-unsaturated/α-hetero) is 1. The van der Waals surface area contributed by atoms with E-state index in [-0.39, 0.29) is 10.8 Å². The average Bonchev–Trinajstić information content (AvgIpc) is 3.14. The van der Waals surface area contributed by atoms with Crippen LogP contribution in [0, 0.1) is 17.3 Å². The second kappa shape index (κ2) is 4.84. The zero-order valence-electron chi connectivity index (χ0n) is 15.4. The maximum absolute atomic E-state index is 13.1. The van der Waals surface area contributed by atoms with Crippen LogP contribution in [-0.4, -0.2) is 5.78 Å². The van der Waals surface area contributed by atoms with Gasteiger partial charge in [-0.2, -0.15) is 0 Å². The molecule has 25 heavy (non-hydrogen) atoms. The first kappa shape index (κ1) is 15.4. The normalized spacial score (nSPS) is 30.4. The summed E-state index contributed by atoms with van der Waals surface area (Å²) in [6.45, 7) is 6.85. The average molecular weight is 330 g/mol. The molecule has 0 N–H and O–H groups in total. The van der Waals surface area contributed by atoms with E-state index in [1.54, 1.807) is 0 Å². The Morgan fingerprint density at radius 3 is 2.60 bits per heavy atom. The molecular weight excluding hydrogens is 304 g/mol. The summed E-state index contributed by atoms with van der Waals surface area (Å²) in [4.78, 5) is 13.1. The number of fused-ring (bicyclic) bond motifs is 5. The first-order chi connectivity index (χ1) is 11.9. The number of carbonyl (C=O) groups excluding carboxylic acids is 1. The Kier molecular flexibility index (Phi) is 2.98. The summed E-state index contributed by atoms with van der Waals surface area (Å²) in [5.74, 6) is 1.61. The first-order valence-electron chi connectivity index (χ1n) is 9.63. The Bertz CT molecular complexity index is 927. The minimum absolute atomic E-state index is 0.100. The van der Waals surface area contributed by atoms with E-state index < -0.39 is 0 Å². The largest absolute Gasteiger partial charge is 0.299 e. The number of rotatable bonds is 0. The molecule has 0 radical (unpaired) electrons. The van der Waals surface area contributed by atoms with E-state index in [9.17, 15) is 4.79 Å². The van der Waals surface area contributed by atoms with Crippen LogP contribution in [0.15, 0.2) is 42.5 Å². The molecule has 2 aromatic carbocycles. The third kappa shape index (κ3) is 2.11. The molecule has 0 saturated heterocycles. The van der Waals surface area contributed by atoms with Crippen molar-refractivity contribution >= 4 is 16.6 Å². The van der Waals surface area contributed by atoms with E-state index in [0.717, 1.165) is 12.8 Å². The van der Waals surface area contributed by atoms with Gasteiger partial charge in [0.05, 0.1) is 0 Å². The standard InChI is InChI=1S/C24H26O/c1-23(2,3)21-6-4-5-16-10-17-12-22(25)24(14-18(17)11-20(16)21)13-15-7-8-19(24)9-15/h4-8,10-11,15,19H,9,12-14H2,1-3H3. The molecule has 1 spiro atoms. The summed E-state index contributed by atoms with van der Waals surface area (Å²) in [5.41, 5.74) is 4.12. The van der Waals surface area contributed by atoms with E-state index in [4.69, 9.17) is 0 Å². The molecule has 2 aromatic rings. The number of carbonyl (C=O) groups is 1. The number of hydrogen-bond donors (Lipinski definition) is 0.